The molecule has 0 spiro atoms. The van der Waals surface area contributed by atoms with Gasteiger partial charge in [0.1, 0.15) is 7.85 Å². The first kappa shape index (κ1) is 9.83. The molecule has 0 radical (unpaired) electrons. The molecule has 0 aliphatic carbocycles. The smallest absolute Gasteiger partial charge is 1.00 e. The summed E-state index contributed by atoms with van der Waals surface area (Å²) in [5.41, 5.74) is 0. The first-order chi connectivity index (χ1) is 2.27. The normalized spacial score (nSPS) is 12.3. The molecule has 2 heteroatoms. The number of hydrogen-bond acceptors (Lipinski definition) is 0. The van der Waals surface area contributed by atoms with Crippen LogP contribution in [0.4, 0.5) is 0 Å². The zero-order valence-electron chi connectivity index (χ0n) is 6.28. The van der Waals surface area contributed by atoms with E-state index < -0.39 is 0 Å². The van der Waals surface area contributed by atoms with Gasteiger partial charge in [-0.25, -0.2) is 0 Å². The third-order valence-electron chi connectivity index (χ3n) is 0.816. The van der Waals surface area contributed by atoms with Crippen LogP contribution in [0.1, 0.15) is 21.7 Å². The fraction of sp³-hybridized carbons (Fsp3) is 1.00. The maximum Gasteiger partial charge on any atom is 1.00 e. The molecule has 0 fully saturated rings. The van der Waals surface area contributed by atoms with Crippen LogP contribution in [-0.4, -0.2) is 7.85 Å². The Balaban J connectivity index is -0.0000000800. The Hall–Kier alpha value is 0.662. The quantitative estimate of drug-likeness (QED) is 0.317. The van der Waals surface area contributed by atoms with Crippen LogP contribution in [-0.2, 0) is 0 Å². The minimum absolute atomic E-state index is 0. The Morgan fingerprint density at radius 2 is 2.00 bits per heavy atom. The third-order valence-corrected chi connectivity index (χ3v) is 0.816. The van der Waals surface area contributed by atoms with E-state index in [0.29, 0.717) is 0 Å². The maximum atomic E-state index is 2.22. The molecule has 0 rings (SSSR count). The number of rotatable bonds is 1. The van der Waals surface area contributed by atoms with E-state index in [-0.39, 0.29) is 20.3 Å². The van der Waals surface area contributed by atoms with Gasteiger partial charge >= 0.3 is 18.9 Å². The molecule has 0 aliphatic heterocycles. The second-order valence-corrected chi connectivity index (χ2v) is 1.80. The minimum atomic E-state index is 0. The first-order valence-corrected chi connectivity index (χ1v) is 2.27. The van der Waals surface area contributed by atoms with E-state index >= 15 is 0 Å². The summed E-state index contributed by atoms with van der Waals surface area (Å²) in [5.74, 6) is 0.884. The van der Waals surface area contributed by atoms with E-state index in [0.717, 1.165) is 5.82 Å². The van der Waals surface area contributed by atoms with Gasteiger partial charge < -0.3 is 1.43 Å². The summed E-state index contributed by atoms with van der Waals surface area (Å²) in [6.07, 6.45) is 1.31. The molecular weight excluding hydrogens is 65.8 g/mol. The van der Waals surface area contributed by atoms with Gasteiger partial charge in [0, 0.05) is 0 Å². The van der Waals surface area contributed by atoms with Gasteiger partial charge in [-0.15, -0.1) is 0 Å². The number of hydrogen-bond donors (Lipinski definition) is 0. The van der Waals surface area contributed by atoms with Crippen molar-refractivity contribution in [1.82, 2.24) is 0 Å². The summed E-state index contributed by atoms with van der Waals surface area (Å²) in [6, 6.07) is 0. The average molecular weight is 77.9 g/mol. The van der Waals surface area contributed by atoms with E-state index in [1.54, 1.807) is 0 Å². The molecule has 0 aromatic carbocycles. The molecule has 0 aromatic rings. The summed E-state index contributed by atoms with van der Waals surface area (Å²) in [5, 5.41) is 0. The van der Waals surface area contributed by atoms with Gasteiger partial charge in [-0.05, 0) is 0 Å². The Labute approximate surface area is 54.8 Å². The van der Waals surface area contributed by atoms with Crippen molar-refractivity contribution < 1.29 is 20.3 Å². The largest absolute Gasteiger partial charge is 1.00 e. The molecule has 0 nitrogen and oxygen atoms in total. The molecule has 0 aromatic heterocycles. The molecule has 0 amide bonds. The first-order valence-electron chi connectivity index (χ1n) is 2.27. The summed E-state index contributed by atoms with van der Waals surface area (Å²) >= 11 is 0. The van der Waals surface area contributed by atoms with Crippen LogP contribution < -0.4 is 18.9 Å². The van der Waals surface area contributed by atoms with E-state index in [9.17, 15) is 0 Å². The molecular formula is C4H12BLi. The SMILES string of the molecule is BC(C)CC.[H-].[Li+]. The minimum Gasteiger partial charge on any atom is -1.00 e. The molecule has 0 saturated carbocycles. The maximum absolute atomic E-state index is 2.22. The van der Waals surface area contributed by atoms with Crippen molar-refractivity contribution in [2.45, 2.75) is 26.1 Å². The molecule has 0 heterocycles. The van der Waals surface area contributed by atoms with Crippen LogP contribution in [0.15, 0.2) is 0 Å². The summed E-state index contributed by atoms with van der Waals surface area (Å²) in [6.45, 7) is 4.42. The Bertz CT molecular complexity index is 25.7. The molecule has 1 atom stereocenters. The van der Waals surface area contributed by atoms with Gasteiger partial charge in [0.05, 0.1) is 0 Å². The van der Waals surface area contributed by atoms with Crippen LogP contribution in [0, 0.1) is 0 Å². The zero-order chi connectivity index (χ0) is 4.28. The van der Waals surface area contributed by atoms with Crippen molar-refractivity contribution >= 4 is 7.85 Å². The summed E-state index contributed by atoms with van der Waals surface area (Å²) in [7, 11) is 2.22. The molecule has 0 N–H and O–H groups in total. The van der Waals surface area contributed by atoms with Crippen molar-refractivity contribution in [2.75, 3.05) is 0 Å². The summed E-state index contributed by atoms with van der Waals surface area (Å²) in [4.78, 5) is 0. The van der Waals surface area contributed by atoms with Crippen molar-refractivity contribution in [2.24, 2.45) is 0 Å². The fourth-order valence-corrected chi connectivity index (χ4v) is 0. The molecule has 6 heavy (non-hydrogen) atoms. The van der Waals surface area contributed by atoms with Crippen LogP contribution in [0.2, 0.25) is 5.82 Å². The second-order valence-electron chi connectivity index (χ2n) is 1.80. The van der Waals surface area contributed by atoms with E-state index in [4.69, 9.17) is 0 Å². The van der Waals surface area contributed by atoms with Crippen LogP contribution in [0.25, 0.3) is 0 Å². The topological polar surface area (TPSA) is 0 Å². The van der Waals surface area contributed by atoms with E-state index in [1.807, 2.05) is 0 Å². The molecule has 1 unspecified atom stereocenters. The van der Waals surface area contributed by atoms with Crippen molar-refractivity contribution in [3.63, 3.8) is 0 Å². The fourth-order valence-electron chi connectivity index (χ4n) is 0. The zero-order valence-corrected chi connectivity index (χ0v) is 5.28. The Kier molecular flexibility index (Phi) is 9.27. The van der Waals surface area contributed by atoms with Crippen molar-refractivity contribution in [3.05, 3.63) is 0 Å². The predicted octanol–water partition coefficient (Wildman–Crippen LogP) is -2.05. The third kappa shape index (κ3) is 8.82. The monoisotopic (exact) mass is 78.1 g/mol. The van der Waals surface area contributed by atoms with Crippen molar-refractivity contribution in [1.29, 1.82) is 0 Å². The Morgan fingerprint density at radius 1 is 1.83 bits per heavy atom. The van der Waals surface area contributed by atoms with Crippen LogP contribution in [0.3, 0.4) is 0 Å². The molecule has 0 saturated heterocycles. The average Bonchev–Trinajstić information content (AvgIpc) is 1.38. The summed E-state index contributed by atoms with van der Waals surface area (Å²) < 4.78 is 0. The van der Waals surface area contributed by atoms with Gasteiger partial charge in [0.25, 0.3) is 0 Å². The molecule has 32 valence electrons. The standard InChI is InChI=1S/C4H11B.Li.H/c1-3-4(2)5;;/h4H,3,5H2,1-2H3;;/q;+1;-1. The van der Waals surface area contributed by atoms with Gasteiger partial charge in [-0.3, -0.25) is 0 Å². The van der Waals surface area contributed by atoms with Crippen LogP contribution in [0.5, 0.6) is 0 Å². The second kappa shape index (κ2) is 5.66. The molecule has 0 aliphatic rings. The van der Waals surface area contributed by atoms with Gasteiger partial charge in [-0.1, -0.05) is 26.1 Å². The molecule has 0 bridgehead atoms. The van der Waals surface area contributed by atoms with Gasteiger partial charge in [0.15, 0.2) is 0 Å². The van der Waals surface area contributed by atoms with Crippen molar-refractivity contribution in [3.8, 4) is 0 Å². The van der Waals surface area contributed by atoms with E-state index in [2.05, 4.69) is 21.7 Å². The van der Waals surface area contributed by atoms with Gasteiger partial charge in [-0.2, -0.15) is 0 Å². The van der Waals surface area contributed by atoms with E-state index in [1.165, 1.54) is 6.42 Å². The predicted molar refractivity (Wildman–Crippen MR) is 29.4 cm³/mol. The van der Waals surface area contributed by atoms with Crippen LogP contribution >= 0.6 is 0 Å². The Morgan fingerprint density at radius 3 is 2.00 bits per heavy atom. The van der Waals surface area contributed by atoms with Gasteiger partial charge in [0.2, 0.25) is 0 Å².